The van der Waals surface area contributed by atoms with Gasteiger partial charge in [0.05, 0.1) is 6.54 Å². The number of alkyl halides is 3. The van der Waals surface area contributed by atoms with Gasteiger partial charge in [0, 0.05) is 25.4 Å². The van der Waals surface area contributed by atoms with Gasteiger partial charge < -0.3 is 14.6 Å². The van der Waals surface area contributed by atoms with E-state index < -0.39 is 6.36 Å². The van der Waals surface area contributed by atoms with E-state index in [-0.39, 0.29) is 30.0 Å². The molecule has 1 aliphatic rings. The van der Waals surface area contributed by atoms with E-state index >= 15 is 0 Å². The van der Waals surface area contributed by atoms with Crippen molar-refractivity contribution >= 4 is 5.91 Å². The number of para-hydroxylation sites is 1. The Morgan fingerprint density at radius 2 is 2.17 bits per heavy atom. The van der Waals surface area contributed by atoms with Gasteiger partial charge >= 0.3 is 6.36 Å². The fraction of sp³-hybridized carbons (Fsp3) is 0.375. The van der Waals surface area contributed by atoms with Crippen LogP contribution in [0.4, 0.5) is 13.2 Å². The lowest BCUT2D eigenvalue weighted by Gasteiger charge is -2.13. The molecule has 24 heavy (non-hydrogen) atoms. The van der Waals surface area contributed by atoms with E-state index in [9.17, 15) is 18.0 Å². The summed E-state index contributed by atoms with van der Waals surface area (Å²) in [4.78, 5) is 16.3. The second kappa shape index (κ2) is 6.18. The highest BCUT2D eigenvalue weighted by Gasteiger charge is 2.46. The first-order valence-corrected chi connectivity index (χ1v) is 7.44. The molecule has 2 atom stereocenters. The first-order chi connectivity index (χ1) is 11.3. The van der Waals surface area contributed by atoms with E-state index in [1.807, 2.05) is 7.05 Å². The number of hydrogen-bond acceptors (Lipinski definition) is 3. The Hall–Kier alpha value is -2.51. The zero-order valence-electron chi connectivity index (χ0n) is 12.9. The highest BCUT2D eigenvalue weighted by Crippen LogP contribution is 2.51. The fourth-order valence-corrected chi connectivity index (χ4v) is 2.70. The van der Waals surface area contributed by atoms with Crippen molar-refractivity contribution in [1.82, 2.24) is 14.9 Å². The van der Waals surface area contributed by atoms with Crippen LogP contribution in [0.25, 0.3) is 0 Å². The van der Waals surface area contributed by atoms with Crippen molar-refractivity contribution in [1.29, 1.82) is 0 Å². The number of rotatable bonds is 5. The molecule has 0 unspecified atom stereocenters. The zero-order valence-corrected chi connectivity index (χ0v) is 12.9. The van der Waals surface area contributed by atoms with Crippen molar-refractivity contribution in [2.24, 2.45) is 13.0 Å². The van der Waals surface area contributed by atoms with E-state index in [1.54, 1.807) is 29.1 Å². The minimum absolute atomic E-state index is 0.190. The molecule has 0 bridgehead atoms. The number of hydrogen-bond donors (Lipinski definition) is 1. The monoisotopic (exact) mass is 339 g/mol. The molecule has 0 saturated heterocycles. The van der Waals surface area contributed by atoms with Gasteiger partial charge in [-0.25, -0.2) is 4.98 Å². The largest absolute Gasteiger partial charge is 0.573 e. The number of carbonyl (C=O) groups is 1. The van der Waals surface area contributed by atoms with Gasteiger partial charge in [-0.05, 0) is 24.0 Å². The van der Waals surface area contributed by atoms with E-state index in [1.165, 1.54) is 12.1 Å². The summed E-state index contributed by atoms with van der Waals surface area (Å²) in [5, 5.41) is 2.77. The number of nitrogens with zero attached hydrogens (tertiary/aromatic N) is 2. The van der Waals surface area contributed by atoms with Gasteiger partial charge in [0.1, 0.15) is 11.6 Å². The van der Waals surface area contributed by atoms with Crippen LogP contribution < -0.4 is 10.1 Å². The average Bonchev–Trinajstić information content (AvgIpc) is 3.20. The van der Waals surface area contributed by atoms with Crippen LogP contribution in [0.1, 0.15) is 23.7 Å². The molecule has 5 nitrogen and oxygen atoms in total. The van der Waals surface area contributed by atoms with Crippen molar-refractivity contribution in [2.75, 3.05) is 0 Å². The molecular formula is C16H16F3N3O2. The highest BCUT2D eigenvalue weighted by molar-refractivity contribution is 5.83. The van der Waals surface area contributed by atoms with Crippen molar-refractivity contribution in [3.63, 3.8) is 0 Å². The molecule has 128 valence electrons. The first-order valence-electron chi connectivity index (χ1n) is 7.44. The number of halogens is 3. The quantitative estimate of drug-likeness (QED) is 0.911. The number of imidazole rings is 1. The van der Waals surface area contributed by atoms with Gasteiger partial charge in [-0.3, -0.25) is 4.79 Å². The van der Waals surface area contributed by atoms with Gasteiger partial charge in [0.25, 0.3) is 0 Å². The van der Waals surface area contributed by atoms with Gasteiger partial charge in [-0.15, -0.1) is 13.2 Å². The summed E-state index contributed by atoms with van der Waals surface area (Å²) in [7, 11) is 1.82. The van der Waals surface area contributed by atoms with Gasteiger partial charge in [0.2, 0.25) is 5.91 Å². The number of aryl methyl sites for hydroxylation is 1. The van der Waals surface area contributed by atoms with Crippen LogP contribution in [0.5, 0.6) is 5.75 Å². The van der Waals surface area contributed by atoms with Gasteiger partial charge in [-0.2, -0.15) is 0 Å². The standard InChI is InChI=1S/C16H16F3N3O2/c1-22-7-6-20-14(22)9-21-15(23)12-8-11(12)10-4-2-3-5-13(10)24-16(17,18)19/h2-7,11-12H,8-9H2,1H3,(H,21,23)/t11-,12-/m1/s1. The molecular weight excluding hydrogens is 323 g/mol. The predicted molar refractivity (Wildman–Crippen MR) is 79.0 cm³/mol. The van der Waals surface area contributed by atoms with Crippen LogP contribution >= 0.6 is 0 Å². The Bertz CT molecular complexity index is 742. The zero-order chi connectivity index (χ0) is 17.3. The van der Waals surface area contributed by atoms with Crippen molar-refractivity contribution in [3.05, 3.63) is 48.0 Å². The normalized spacial score (nSPS) is 19.8. The first kappa shape index (κ1) is 16.4. The summed E-state index contributed by atoms with van der Waals surface area (Å²) < 4.78 is 43.2. The lowest BCUT2D eigenvalue weighted by molar-refractivity contribution is -0.274. The molecule has 3 rings (SSSR count). The van der Waals surface area contributed by atoms with Crippen LogP contribution in [-0.2, 0) is 18.4 Å². The Balaban J connectivity index is 1.63. The molecule has 1 aromatic carbocycles. The minimum atomic E-state index is -4.75. The predicted octanol–water partition coefficient (Wildman–Crippen LogP) is 2.74. The number of carbonyl (C=O) groups excluding carboxylic acids is 1. The number of ether oxygens (including phenoxy) is 1. The van der Waals surface area contributed by atoms with E-state index in [0.29, 0.717) is 17.8 Å². The van der Waals surface area contributed by atoms with Gasteiger partial charge in [-0.1, -0.05) is 18.2 Å². The SMILES string of the molecule is Cn1ccnc1CNC(=O)[C@@H]1C[C@@H]1c1ccccc1OC(F)(F)F. The maximum atomic E-state index is 12.5. The van der Waals surface area contributed by atoms with Crippen LogP contribution in [0.15, 0.2) is 36.7 Å². The second-order valence-corrected chi connectivity index (χ2v) is 5.71. The average molecular weight is 339 g/mol. The fourth-order valence-electron chi connectivity index (χ4n) is 2.70. The molecule has 8 heteroatoms. The molecule has 1 aliphatic carbocycles. The Kier molecular flexibility index (Phi) is 4.21. The van der Waals surface area contributed by atoms with E-state index in [2.05, 4.69) is 15.0 Å². The van der Waals surface area contributed by atoms with E-state index in [4.69, 9.17) is 0 Å². The molecule has 0 spiro atoms. The summed E-state index contributed by atoms with van der Waals surface area (Å²) in [6, 6.07) is 5.95. The van der Waals surface area contributed by atoms with Crippen molar-refractivity contribution in [3.8, 4) is 5.75 Å². The third-order valence-electron chi connectivity index (χ3n) is 4.01. The smallest absolute Gasteiger partial charge is 0.405 e. The van der Waals surface area contributed by atoms with E-state index in [0.717, 1.165) is 0 Å². The summed E-state index contributed by atoms with van der Waals surface area (Å²) in [6.07, 6.45) is -0.843. The second-order valence-electron chi connectivity index (χ2n) is 5.71. The van der Waals surface area contributed by atoms with Crippen molar-refractivity contribution < 1.29 is 22.7 Å². The van der Waals surface area contributed by atoms with Crippen LogP contribution in [0.2, 0.25) is 0 Å². The number of nitrogens with one attached hydrogen (secondary N) is 1. The maximum Gasteiger partial charge on any atom is 0.573 e. The molecule has 1 saturated carbocycles. The Labute approximate surface area is 136 Å². The van der Waals surface area contributed by atoms with Crippen molar-refractivity contribution in [2.45, 2.75) is 25.2 Å². The summed E-state index contributed by atoms with van der Waals surface area (Å²) in [5.74, 6) is -0.325. The molecule has 0 aliphatic heterocycles. The molecule has 0 radical (unpaired) electrons. The summed E-state index contributed by atoms with van der Waals surface area (Å²) >= 11 is 0. The summed E-state index contributed by atoms with van der Waals surface area (Å²) in [5.41, 5.74) is 0.409. The highest BCUT2D eigenvalue weighted by atomic mass is 19.4. The lowest BCUT2D eigenvalue weighted by Crippen LogP contribution is -2.26. The Morgan fingerprint density at radius 1 is 1.42 bits per heavy atom. The number of aromatic nitrogens is 2. The third kappa shape index (κ3) is 3.69. The van der Waals surface area contributed by atoms with Gasteiger partial charge in [0.15, 0.2) is 0 Å². The molecule has 1 fully saturated rings. The summed E-state index contributed by atoms with van der Waals surface area (Å²) in [6.45, 7) is 0.284. The molecule has 1 heterocycles. The molecule has 1 aromatic heterocycles. The molecule has 1 amide bonds. The molecule has 1 N–H and O–H groups in total. The van der Waals surface area contributed by atoms with Crippen LogP contribution in [0, 0.1) is 5.92 Å². The Morgan fingerprint density at radius 3 is 2.83 bits per heavy atom. The minimum Gasteiger partial charge on any atom is -0.405 e. The van der Waals surface area contributed by atoms with Crippen LogP contribution in [0.3, 0.4) is 0 Å². The topological polar surface area (TPSA) is 56.2 Å². The van der Waals surface area contributed by atoms with Crippen LogP contribution in [-0.4, -0.2) is 21.8 Å². The lowest BCUT2D eigenvalue weighted by atomic mass is 10.1. The number of benzene rings is 1. The third-order valence-corrected chi connectivity index (χ3v) is 4.01. The molecule has 2 aromatic rings. The number of amides is 1. The maximum absolute atomic E-state index is 12.5.